The molecule has 1 fully saturated rings. The van der Waals surface area contributed by atoms with Crippen LogP contribution < -0.4 is 5.32 Å². The van der Waals surface area contributed by atoms with Crippen LogP contribution in [0.1, 0.15) is 35.7 Å². The molecule has 0 saturated carbocycles. The fourth-order valence-electron chi connectivity index (χ4n) is 4.50. The number of hydrogen-bond acceptors (Lipinski definition) is 6. The molecule has 10 heteroatoms. The molecule has 1 N–H and O–H groups in total. The summed E-state index contributed by atoms with van der Waals surface area (Å²) in [5.41, 5.74) is 2.00. The van der Waals surface area contributed by atoms with E-state index in [0.717, 1.165) is 12.8 Å². The summed E-state index contributed by atoms with van der Waals surface area (Å²) in [5.74, 6) is -0.536. The standard InChI is InChI=1S/C24H24ClFN6O2/c1-14-4-3-11-31(19(14)13-27-24-30-18-8-6-16(25)12-20(18)34-24)23(33)17-7-5-15(2)21(26)22(17)32-28-9-10-29-32/h5-10,12,14,19H,3-4,11,13H2,1-2H3,(H,27,30)/t14-,19-/m1/s1. The molecule has 1 saturated heterocycles. The number of likely N-dealkylation sites (tertiary alicyclic amines) is 1. The van der Waals surface area contributed by atoms with Crippen LogP contribution in [0.3, 0.4) is 0 Å². The Morgan fingerprint density at radius 1 is 1.26 bits per heavy atom. The molecule has 1 aliphatic rings. The average Bonchev–Trinajstić information content (AvgIpc) is 3.49. The van der Waals surface area contributed by atoms with Gasteiger partial charge in [-0.05, 0) is 49.4 Å². The van der Waals surface area contributed by atoms with Gasteiger partial charge < -0.3 is 14.6 Å². The van der Waals surface area contributed by atoms with Crippen molar-refractivity contribution < 1.29 is 13.6 Å². The van der Waals surface area contributed by atoms with E-state index < -0.39 is 5.82 Å². The summed E-state index contributed by atoms with van der Waals surface area (Å²) in [6.45, 7) is 4.78. The molecule has 3 heterocycles. The number of nitrogens with zero attached hydrogens (tertiary/aromatic N) is 5. The molecular weight excluding hydrogens is 459 g/mol. The second-order valence-electron chi connectivity index (χ2n) is 8.61. The number of fused-ring (bicyclic) bond motifs is 1. The van der Waals surface area contributed by atoms with Crippen molar-refractivity contribution in [2.75, 3.05) is 18.4 Å². The number of halogens is 2. The van der Waals surface area contributed by atoms with E-state index in [-0.39, 0.29) is 29.1 Å². The summed E-state index contributed by atoms with van der Waals surface area (Å²) in [4.78, 5) is 21.2. The SMILES string of the molecule is Cc1ccc(C(=O)N2CCC[C@@H](C)[C@H]2CNc2nc3ccc(Cl)cc3o2)c(-n2nccn2)c1F. The van der Waals surface area contributed by atoms with Gasteiger partial charge in [0.05, 0.1) is 24.0 Å². The molecule has 8 nitrogen and oxygen atoms in total. The van der Waals surface area contributed by atoms with Crippen LogP contribution in [0.25, 0.3) is 16.8 Å². The van der Waals surface area contributed by atoms with Crippen molar-refractivity contribution in [1.29, 1.82) is 0 Å². The van der Waals surface area contributed by atoms with Gasteiger partial charge in [0.1, 0.15) is 11.2 Å². The Balaban J connectivity index is 1.43. The number of carbonyl (C=O) groups is 1. The van der Waals surface area contributed by atoms with Crippen molar-refractivity contribution >= 4 is 34.6 Å². The molecule has 4 aromatic rings. The summed E-state index contributed by atoms with van der Waals surface area (Å²) < 4.78 is 20.9. The molecule has 0 spiro atoms. The number of amides is 1. The molecular formula is C24H24ClFN6O2. The molecule has 1 amide bonds. The second kappa shape index (κ2) is 9.06. The van der Waals surface area contributed by atoms with Crippen molar-refractivity contribution in [3.05, 3.63) is 64.7 Å². The van der Waals surface area contributed by atoms with E-state index in [1.165, 1.54) is 17.2 Å². The first-order chi connectivity index (χ1) is 16.4. The van der Waals surface area contributed by atoms with Gasteiger partial charge in [-0.1, -0.05) is 24.6 Å². The van der Waals surface area contributed by atoms with Gasteiger partial charge in [0.2, 0.25) is 0 Å². The highest BCUT2D eigenvalue weighted by atomic mass is 35.5. The predicted octanol–water partition coefficient (Wildman–Crippen LogP) is 4.86. The van der Waals surface area contributed by atoms with Crippen LogP contribution >= 0.6 is 11.6 Å². The zero-order valence-electron chi connectivity index (χ0n) is 18.8. The van der Waals surface area contributed by atoms with Crippen molar-refractivity contribution in [1.82, 2.24) is 24.9 Å². The number of nitrogens with one attached hydrogen (secondary N) is 1. The van der Waals surface area contributed by atoms with Crippen LogP contribution in [-0.4, -0.2) is 49.9 Å². The van der Waals surface area contributed by atoms with Gasteiger partial charge >= 0.3 is 0 Å². The fraction of sp³-hybridized carbons (Fsp3) is 0.333. The fourth-order valence-corrected chi connectivity index (χ4v) is 4.66. The number of aryl methyl sites for hydroxylation is 1. The lowest BCUT2D eigenvalue weighted by Gasteiger charge is -2.40. The van der Waals surface area contributed by atoms with Crippen LogP contribution in [0.15, 0.2) is 47.1 Å². The van der Waals surface area contributed by atoms with E-state index in [1.54, 1.807) is 42.2 Å². The van der Waals surface area contributed by atoms with Crippen molar-refractivity contribution in [2.24, 2.45) is 5.92 Å². The van der Waals surface area contributed by atoms with Gasteiger partial charge in [-0.2, -0.15) is 15.2 Å². The predicted molar refractivity (Wildman–Crippen MR) is 127 cm³/mol. The van der Waals surface area contributed by atoms with Gasteiger partial charge in [-0.15, -0.1) is 4.80 Å². The zero-order chi connectivity index (χ0) is 23.8. The Bertz CT molecular complexity index is 1340. The normalized spacial score (nSPS) is 18.4. The highest BCUT2D eigenvalue weighted by Gasteiger charge is 2.34. The summed E-state index contributed by atoms with van der Waals surface area (Å²) in [6.07, 6.45) is 4.77. The monoisotopic (exact) mass is 482 g/mol. The highest BCUT2D eigenvalue weighted by Crippen LogP contribution is 2.29. The van der Waals surface area contributed by atoms with E-state index in [4.69, 9.17) is 16.0 Å². The smallest absolute Gasteiger partial charge is 0.295 e. The third-order valence-electron chi connectivity index (χ3n) is 6.35. The molecule has 0 aliphatic carbocycles. The Morgan fingerprint density at radius 2 is 2.06 bits per heavy atom. The van der Waals surface area contributed by atoms with Gasteiger partial charge in [-0.3, -0.25) is 4.79 Å². The lowest BCUT2D eigenvalue weighted by Crippen LogP contribution is -2.51. The van der Waals surface area contributed by atoms with Crippen molar-refractivity contribution in [3.63, 3.8) is 0 Å². The minimum Gasteiger partial charge on any atom is -0.424 e. The maximum atomic E-state index is 15.1. The van der Waals surface area contributed by atoms with Crippen molar-refractivity contribution in [3.8, 4) is 5.69 Å². The number of piperidine rings is 1. The minimum absolute atomic E-state index is 0.0655. The van der Waals surface area contributed by atoms with Gasteiger partial charge in [0.25, 0.3) is 11.9 Å². The van der Waals surface area contributed by atoms with Crippen LogP contribution in [0.4, 0.5) is 10.4 Å². The maximum Gasteiger partial charge on any atom is 0.295 e. The summed E-state index contributed by atoms with van der Waals surface area (Å²) in [6, 6.07) is 8.75. The number of aromatic nitrogens is 4. The first kappa shape index (κ1) is 22.3. The van der Waals surface area contributed by atoms with E-state index in [9.17, 15) is 4.79 Å². The van der Waals surface area contributed by atoms with Gasteiger partial charge in [0.15, 0.2) is 11.4 Å². The van der Waals surface area contributed by atoms with Crippen LogP contribution in [0.5, 0.6) is 0 Å². The van der Waals surface area contributed by atoms with E-state index >= 15 is 4.39 Å². The number of benzene rings is 2. The molecule has 0 radical (unpaired) electrons. The first-order valence-corrected chi connectivity index (χ1v) is 11.6. The summed E-state index contributed by atoms with van der Waals surface area (Å²) in [7, 11) is 0. The highest BCUT2D eigenvalue weighted by molar-refractivity contribution is 6.31. The molecule has 2 atom stereocenters. The lowest BCUT2D eigenvalue weighted by atomic mass is 9.90. The average molecular weight is 483 g/mol. The number of anilines is 1. The molecule has 5 rings (SSSR count). The molecule has 1 aliphatic heterocycles. The quantitative estimate of drug-likeness (QED) is 0.437. The van der Waals surface area contributed by atoms with Crippen LogP contribution in [0, 0.1) is 18.7 Å². The third-order valence-corrected chi connectivity index (χ3v) is 6.58. The first-order valence-electron chi connectivity index (χ1n) is 11.2. The Morgan fingerprint density at radius 3 is 2.85 bits per heavy atom. The molecule has 176 valence electrons. The number of oxazole rings is 1. The molecule has 2 aromatic carbocycles. The minimum atomic E-state index is -0.507. The Labute approximate surface area is 200 Å². The third kappa shape index (κ3) is 4.11. The topological polar surface area (TPSA) is 89.1 Å². The number of rotatable bonds is 5. The Kier molecular flexibility index (Phi) is 5.95. The maximum absolute atomic E-state index is 15.1. The molecule has 0 unspecified atom stereocenters. The van der Waals surface area contributed by atoms with Gasteiger partial charge in [0, 0.05) is 24.2 Å². The molecule has 34 heavy (non-hydrogen) atoms. The van der Waals surface area contributed by atoms with E-state index in [2.05, 4.69) is 27.4 Å². The van der Waals surface area contributed by atoms with Crippen LogP contribution in [-0.2, 0) is 0 Å². The summed E-state index contributed by atoms with van der Waals surface area (Å²) in [5, 5.41) is 11.9. The lowest BCUT2D eigenvalue weighted by molar-refractivity contribution is 0.0538. The van der Waals surface area contributed by atoms with E-state index in [1.807, 2.05) is 0 Å². The van der Waals surface area contributed by atoms with Crippen molar-refractivity contribution in [2.45, 2.75) is 32.7 Å². The van der Waals surface area contributed by atoms with E-state index in [0.29, 0.717) is 40.8 Å². The molecule has 0 bridgehead atoms. The second-order valence-corrected chi connectivity index (χ2v) is 9.04. The zero-order valence-corrected chi connectivity index (χ0v) is 19.6. The molecule has 2 aromatic heterocycles. The largest absolute Gasteiger partial charge is 0.424 e. The number of carbonyl (C=O) groups excluding carboxylic acids is 1. The summed E-state index contributed by atoms with van der Waals surface area (Å²) >= 11 is 6.04. The van der Waals surface area contributed by atoms with Crippen LogP contribution in [0.2, 0.25) is 5.02 Å². The van der Waals surface area contributed by atoms with Gasteiger partial charge in [-0.25, -0.2) is 4.39 Å². The number of hydrogen-bond donors (Lipinski definition) is 1. The Hall–Kier alpha value is -3.46.